The molecule has 2 rings (SSSR count). The second-order valence-electron chi connectivity index (χ2n) is 6.30. The van der Waals surface area contributed by atoms with E-state index in [9.17, 15) is 0 Å². The van der Waals surface area contributed by atoms with Crippen molar-refractivity contribution in [1.82, 2.24) is 25.0 Å². The molecule has 25 heavy (non-hydrogen) atoms. The molecule has 0 bridgehead atoms. The van der Waals surface area contributed by atoms with Gasteiger partial charge in [-0.2, -0.15) is 0 Å². The van der Waals surface area contributed by atoms with E-state index in [0.717, 1.165) is 63.8 Å². The SMILES string of the molecule is CCCCN(C)C(=NCC1CCCO1)NCCn1cnnc1CC.I. The summed E-state index contributed by atoms with van der Waals surface area (Å²) >= 11 is 0. The third-order valence-electron chi connectivity index (χ3n) is 4.33. The van der Waals surface area contributed by atoms with Gasteiger partial charge in [0.05, 0.1) is 12.6 Å². The monoisotopic (exact) mass is 464 g/mol. The molecule has 1 aromatic rings. The summed E-state index contributed by atoms with van der Waals surface area (Å²) < 4.78 is 7.78. The van der Waals surface area contributed by atoms with Crippen molar-refractivity contribution in [2.75, 3.05) is 33.3 Å². The average molecular weight is 464 g/mol. The molecule has 7 nitrogen and oxygen atoms in total. The third kappa shape index (κ3) is 7.47. The van der Waals surface area contributed by atoms with Crippen molar-refractivity contribution in [3.8, 4) is 0 Å². The molecule has 0 saturated carbocycles. The lowest BCUT2D eigenvalue weighted by Crippen LogP contribution is -2.41. The van der Waals surface area contributed by atoms with Crippen molar-refractivity contribution in [3.05, 3.63) is 12.2 Å². The quantitative estimate of drug-likeness (QED) is 0.345. The van der Waals surface area contributed by atoms with Crippen LogP contribution in [0.1, 0.15) is 45.4 Å². The zero-order chi connectivity index (χ0) is 17.2. The Morgan fingerprint density at radius 3 is 3.00 bits per heavy atom. The van der Waals surface area contributed by atoms with Gasteiger partial charge in [-0.15, -0.1) is 34.2 Å². The van der Waals surface area contributed by atoms with Crippen LogP contribution in [-0.4, -0.2) is 65.0 Å². The molecule has 8 heteroatoms. The number of halogens is 1. The van der Waals surface area contributed by atoms with Crippen LogP contribution < -0.4 is 5.32 Å². The summed E-state index contributed by atoms with van der Waals surface area (Å²) in [5, 5.41) is 11.6. The fourth-order valence-electron chi connectivity index (χ4n) is 2.82. The Kier molecular flexibility index (Phi) is 11.0. The number of aryl methyl sites for hydroxylation is 1. The Balaban J connectivity index is 0.00000312. The van der Waals surface area contributed by atoms with Gasteiger partial charge in [-0.1, -0.05) is 20.3 Å². The minimum absolute atomic E-state index is 0. The second-order valence-corrected chi connectivity index (χ2v) is 6.30. The highest BCUT2D eigenvalue weighted by Crippen LogP contribution is 2.12. The topological polar surface area (TPSA) is 67.6 Å². The summed E-state index contributed by atoms with van der Waals surface area (Å²) in [4.78, 5) is 7.00. The molecule has 0 radical (unpaired) electrons. The molecule has 1 atom stereocenters. The van der Waals surface area contributed by atoms with Crippen LogP contribution in [0.3, 0.4) is 0 Å². The summed E-state index contributed by atoms with van der Waals surface area (Å²) in [7, 11) is 2.10. The molecule has 0 spiro atoms. The van der Waals surface area contributed by atoms with Crippen LogP contribution >= 0.6 is 24.0 Å². The number of guanidine groups is 1. The van der Waals surface area contributed by atoms with E-state index in [-0.39, 0.29) is 30.1 Å². The molecule has 1 aliphatic rings. The van der Waals surface area contributed by atoms with Crippen molar-refractivity contribution < 1.29 is 4.74 Å². The summed E-state index contributed by atoms with van der Waals surface area (Å²) in [6.07, 6.45) is 7.61. The molecule has 0 aliphatic carbocycles. The molecule has 144 valence electrons. The highest BCUT2D eigenvalue weighted by atomic mass is 127. The first-order valence-electron chi connectivity index (χ1n) is 9.22. The first kappa shape index (κ1) is 22.1. The van der Waals surface area contributed by atoms with Gasteiger partial charge in [0.25, 0.3) is 0 Å². The minimum Gasteiger partial charge on any atom is -0.376 e. The smallest absolute Gasteiger partial charge is 0.193 e. The molecule has 1 aromatic heterocycles. The lowest BCUT2D eigenvalue weighted by Gasteiger charge is -2.23. The maximum Gasteiger partial charge on any atom is 0.193 e. The predicted molar refractivity (Wildman–Crippen MR) is 112 cm³/mol. The Bertz CT molecular complexity index is 501. The summed E-state index contributed by atoms with van der Waals surface area (Å²) in [5.41, 5.74) is 0. The molecule has 1 saturated heterocycles. The van der Waals surface area contributed by atoms with Crippen molar-refractivity contribution in [1.29, 1.82) is 0 Å². The molecular weight excluding hydrogens is 431 g/mol. The largest absolute Gasteiger partial charge is 0.376 e. The van der Waals surface area contributed by atoms with E-state index >= 15 is 0 Å². The van der Waals surface area contributed by atoms with Gasteiger partial charge in [0.2, 0.25) is 0 Å². The van der Waals surface area contributed by atoms with E-state index < -0.39 is 0 Å². The molecular formula is C17H33IN6O. The lowest BCUT2D eigenvalue weighted by molar-refractivity contribution is 0.117. The standard InChI is InChI=1S/C17H32N6O.HI/c1-4-6-10-22(3)17(19-13-15-8-7-12-24-15)18-9-11-23-14-20-21-16(23)5-2;/h14-15H,4-13H2,1-3H3,(H,18,19);1H. The molecule has 1 N–H and O–H groups in total. The van der Waals surface area contributed by atoms with Gasteiger partial charge in [0.15, 0.2) is 5.96 Å². The Labute approximate surface area is 168 Å². The fraction of sp³-hybridized carbons (Fsp3) is 0.824. The zero-order valence-electron chi connectivity index (χ0n) is 15.8. The Morgan fingerprint density at radius 1 is 1.48 bits per heavy atom. The summed E-state index contributed by atoms with van der Waals surface area (Å²) in [6.45, 7) is 8.60. The van der Waals surface area contributed by atoms with Crippen LogP contribution in [0.2, 0.25) is 0 Å². The maximum atomic E-state index is 5.68. The number of aliphatic imine (C=N–C) groups is 1. The number of aromatic nitrogens is 3. The van der Waals surface area contributed by atoms with Crippen LogP contribution in [0.4, 0.5) is 0 Å². The van der Waals surface area contributed by atoms with E-state index in [2.05, 4.69) is 45.9 Å². The number of unbranched alkanes of at least 4 members (excludes halogenated alkanes) is 1. The van der Waals surface area contributed by atoms with Crippen molar-refractivity contribution in [2.24, 2.45) is 4.99 Å². The second kappa shape index (κ2) is 12.5. The molecule has 0 amide bonds. The van der Waals surface area contributed by atoms with Crippen molar-refractivity contribution in [2.45, 2.75) is 58.6 Å². The van der Waals surface area contributed by atoms with Gasteiger partial charge in [0.1, 0.15) is 12.2 Å². The van der Waals surface area contributed by atoms with Gasteiger partial charge < -0.3 is 19.5 Å². The van der Waals surface area contributed by atoms with Crippen LogP contribution in [-0.2, 0) is 17.7 Å². The number of hydrogen-bond acceptors (Lipinski definition) is 4. The van der Waals surface area contributed by atoms with Crippen molar-refractivity contribution >= 4 is 29.9 Å². The van der Waals surface area contributed by atoms with E-state index in [1.54, 1.807) is 6.33 Å². The molecule has 2 heterocycles. The number of nitrogens with one attached hydrogen (secondary N) is 1. The van der Waals surface area contributed by atoms with Gasteiger partial charge in [-0.25, -0.2) is 0 Å². The van der Waals surface area contributed by atoms with E-state index in [0.29, 0.717) is 0 Å². The first-order valence-corrected chi connectivity index (χ1v) is 9.22. The predicted octanol–water partition coefficient (Wildman–Crippen LogP) is 2.32. The zero-order valence-corrected chi connectivity index (χ0v) is 18.1. The van der Waals surface area contributed by atoms with Crippen LogP contribution in [0.25, 0.3) is 0 Å². The Hall–Kier alpha value is -0.900. The van der Waals surface area contributed by atoms with E-state index in [1.165, 1.54) is 12.8 Å². The third-order valence-corrected chi connectivity index (χ3v) is 4.33. The van der Waals surface area contributed by atoms with Gasteiger partial charge in [-0.05, 0) is 19.3 Å². The highest BCUT2D eigenvalue weighted by molar-refractivity contribution is 14.0. The van der Waals surface area contributed by atoms with E-state index in [1.807, 2.05) is 0 Å². The normalized spacial score (nSPS) is 17.4. The molecule has 0 aromatic carbocycles. The number of rotatable bonds is 9. The van der Waals surface area contributed by atoms with Crippen molar-refractivity contribution in [3.63, 3.8) is 0 Å². The van der Waals surface area contributed by atoms with Gasteiger partial charge >= 0.3 is 0 Å². The van der Waals surface area contributed by atoms with Gasteiger partial charge in [0, 0.05) is 39.7 Å². The summed E-state index contributed by atoms with van der Waals surface area (Å²) in [5.74, 6) is 1.99. The van der Waals surface area contributed by atoms with Crippen LogP contribution in [0, 0.1) is 0 Å². The molecule has 1 fully saturated rings. The first-order chi connectivity index (χ1) is 11.7. The van der Waals surface area contributed by atoms with Gasteiger partial charge in [-0.3, -0.25) is 4.99 Å². The van der Waals surface area contributed by atoms with Crippen LogP contribution in [0.5, 0.6) is 0 Å². The fourth-order valence-corrected chi connectivity index (χ4v) is 2.82. The number of hydrogen-bond donors (Lipinski definition) is 1. The lowest BCUT2D eigenvalue weighted by atomic mass is 10.2. The summed E-state index contributed by atoms with van der Waals surface area (Å²) in [6, 6.07) is 0. The minimum atomic E-state index is 0. The highest BCUT2D eigenvalue weighted by Gasteiger charge is 2.15. The Morgan fingerprint density at radius 2 is 2.32 bits per heavy atom. The molecule has 1 unspecified atom stereocenters. The average Bonchev–Trinajstić information content (AvgIpc) is 3.26. The van der Waals surface area contributed by atoms with Crippen LogP contribution in [0.15, 0.2) is 11.3 Å². The van der Waals surface area contributed by atoms with E-state index in [4.69, 9.17) is 9.73 Å². The maximum absolute atomic E-state index is 5.68. The molecule has 1 aliphatic heterocycles. The number of ether oxygens (including phenoxy) is 1. The number of nitrogens with zero attached hydrogens (tertiary/aromatic N) is 5.